The summed E-state index contributed by atoms with van der Waals surface area (Å²) in [6, 6.07) is 19.7. The molecule has 190 valence electrons. The number of para-hydroxylation sites is 1. The molecule has 3 aromatic carbocycles. The second-order valence-corrected chi connectivity index (χ2v) is 9.19. The lowest BCUT2D eigenvalue weighted by Gasteiger charge is -2.15. The number of urea groups is 1. The van der Waals surface area contributed by atoms with Crippen molar-refractivity contribution in [2.75, 3.05) is 18.5 Å². The van der Waals surface area contributed by atoms with Crippen LogP contribution >= 0.6 is 15.9 Å². The minimum absolute atomic E-state index is 0.155. The summed E-state index contributed by atoms with van der Waals surface area (Å²) in [4.78, 5) is 39.0. The first-order valence-corrected chi connectivity index (χ1v) is 12.5. The molecule has 0 unspecified atom stereocenters. The van der Waals surface area contributed by atoms with E-state index in [-0.39, 0.29) is 24.8 Å². The number of nitrogens with zero attached hydrogens (tertiary/aromatic N) is 1. The highest BCUT2D eigenvalue weighted by Gasteiger charge is 2.33. The van der Waals surface area contributed by atoms with Crippen molar-refractivity contribution in [2.24, 2.45) is 0 Å². The zero-order chi connectivity index (χ0) is 26.4. The predicted molar refractivity (Wildman–Crippen MR) is 144 cm³/mol. The van der Waals surface area contributed by atoms with Crippen LogP contribution < -0.4 is 20.1 Å². The standard InChI is InChI=1S/C28H26BrN3O5/c1-3-36-24-15-20(13-22(29)26(24)37-17-25(33)30-21-10-5-4-6-11-21)14-23-27(34)32(28(35)31-23)16-19-9-7-8-18(2)12-19/h4-15H,3,16-17H2,1-2H3,(H,30,33)(H,31,35)/b23-14+. The second kappa shape index (κ2) is 11.7. The zero-order valence-corrected chi connectivity index (χ0v) is 22.0. The van der Waals surface area contributed by atoms with Crippen LogP contribution in [0.5, 0.6) is 11.5 Å². The van der Waals surface area contributed by atoms with E-state index in [9.17, 15) is 14.4 Å². The summed E-state index contributed by atoms with van der Waals surface area (Å²) in [7, 11) is 0. The third kappa shape index (κ3) is 6.56. The molecule has 8 nitrogen and oxygen atoms in total. The van der Waals surface area contributed by atoms with Gasteiger partial charge in [-0.2, -0.15) is 0 Å². The number of hydrogen-bond acceptors (Lipinski definition) is 5. The van der Waals surface area contributed by atoms with Crippen LogP contribution in [-0.2, 0) is 16.1 Å². The van der Waals surface area contributed by atoms with Gasteiger partial charge in [0.05, 0.1) is 17.6 Å². The summed E-state index contributed by atoms with van der Waals surface area (Å²) in [5.74, 6) is 0.0119. The average Bonchev–Trinajstić information content (AvgIpc) is 3.11. The van der Waals surface area contributed by atoms with Crippen molar-refractivity contribution >= 4 is 45.5 Å². The second-order valence-electron chi connectivity index (χ2n) is 8.33. The van der Waals surface area contributed by atoms with Crippen molar-refractivity contribution in [2.45, 2.75) is 20.4 Å². The molecule has 4 rings (SSSR count). The maximum absolute atomic E-state index is 13.0. The molecular formula is C28H26BrN3O5. The summed E-state index contributed by atoms with van der Waals surface area (Å²) in [6.07, 6.45) is 1.58. The van der Waals surface area contributed by atoms with Gasteiger partial charge >= 0.3 is 6.03 Å². The highest BCUT2D eigenvalue weighted by Crippen LogP contribution is 2.37. The zero-order valence-electron chi connectivity index (χ0n) is 20.4. The number of rotatable bonds is 9. The Bertz CT molecular complexity index is 1360. The smallest absolute Gasteiger partial charge is 0.329 e. The molecular weight excluding hydrogens is 538 g/mol. The summed E-state index contributed by atoms with van der Waals surface area (Å²) >= 11 is 3.48. The summed E-state index contributed by atoms with van der Waals surface area (Å²) in [5.41, 5.74) is 3.35. The van der Waals surface area contributed by atoms with Gasteiger partial charge in [0, 0.05) is 5.69 Å². The van der Waals surface area contributed by atoms with Crippen LogP contribution in [-0.4, -0.2) is 36.0 Å². The summed E-state index contributed by atoms with van der Waals surface area (Å²) < 4.78 is 12.0. The van der Waals surface area contributed by atoms with E-state index in [0.29, 0.717) is 33.8 Å². The first kappa shape index (κ1) is 26.0. The number of aryl methyl sites for hydroxylation is 1. The lowest BCUT2D eigenvalue weighted by atomic mass is 10.1. The van der Waals surface area contributed by atoms with Gasteiger partial charge in [-0.25, -0.2) is 4.79 Å². The molecule has 0 radical (unpaired) electrons. The molecule has 1 saturated heterocycles. The van der Waals surface area contributed by atoms with Gasteiger partial charge < -0.3 is 20.1 Å². The highest BCUT2D eigenvalue weighted by atomic mass is 79.9. The SMILES string of the molecule is CCOc1cc(/C=C2/NC(=O)N(Cc3cccc(C)c3)C2=O)cc(Br)c1OCC(=O)Nc1ccccc1. The Morgan fingerprint density at radius 2 is 1.84 bits per heavy atom. The number of benzene rings is 3. The number of anilines is 1. The van der Waals surface area contributed by atoms with Gasteiger partial charge in [-0.05, 0) is 71.2 Å². The molecule has 0 bridgehead atoms. The maximum Gasteiger partial charge on any atom is 0.329 e. The third-order valence-corrected chi connectivity index (χ3v) is 6.02. The first-order chi connectivity index (χ1) is 17.8. The van der Waals surface area contributed by atoms with Gasteiger partial charge in [-0.15, -0.1) is 0 Å². The molecule has 37 heavy (non-hydrogen) atoms. The van der Waals surface area contributed by atoms with E-state index in [1.54, 1.807) is 30.3 Å². The molecule has 0 aromatic heterocycles. The Balaban J connectivity index is 1.49. The Morgan fingerprint density at radius 3 is 2.57 bits per heavy atom. The van der Waals surface area contributed by atoms with Gasteiger partial charge in [0.25, 0.3) is 11.8 Å². The molecule has 1 aliphatic heterocycles. The topological polar surface area (TPSA) is 97.0 Å². The van der Waals surface area contributed by atoms with E-state index < -0.39 is 11.9 Å². The Kier molecular flexibility index (Phi) is 8.25. The van der Waals surface area contributed by atoms with Crippen molar-refractivity contribution in [1.82, 2.24) is 10.2 Å². The molecule has 4 amide bonds. The first-order valence-electron chi connectivity index (χ1n) is 11.7. The Labute approximate surface area is 223 Å². The molecule has 3 aromatic rings. The fourth-order valence-electron chi connectivity index (χ4n) is 3.81. The Hall–Kier alpha value is -4.11. The van der Waals surface area contributed by atoms with E-state index in [2.05, 4.69) is 26.6 Å². The molecule has 9 heteroatoms. The van der Waals surface area contributed by atoms with Gasteiger partial charge in [-0.1, -0.05) is 48.0 Å². The van der Waals surface area contributed by atoms with Crippen molar-refractivity contribution in [3.05, 3.63) is 93.6 Å². The minimum Gasteiger partial charge on any atom is -0.490 e. The number of imide groups is 1. The summed E-state index contributed by atoms with van der Waals surface area (Å²) in [6.45, 7) is 4.09. The van der Waals surface area contributed by atoms with E-state index in [0.717, 1.165) is 11.1 Å². The maximum atomic E-state index is 13.0. The van der Waals surface area contributed by atoms with E-state index in [1.165, 1.54) is 4.90 Å². The fraction of sp³-hybridized carbons (Fsp3) is 0.179. The largest absolute Gasteiger partial charge is 0.490 e. The lowest BCUT2D eigenvalue weighted by Crippen LogP contribution is -2.30. The number of halogens is 1. The van der Waals surface area contributed by atoms with Crippen molar-refractivity contribution in [3.8, 4) is 11.5 Å². The average molecular weight is 564 g/mol. The molecule has 0 atom stereocenters. The predicted octanol–water partition coefficient (Wildman–Crippen LogP) is 5.27. The van der Waals surface area contributed by atoms with E-state index >= 15 is 0 Å². The van der Waals surface area contributed by atoms with Crippen LogP contribution in [0.1, 0.15) is 23.6 Å². The molecule has 2 N–H and O–H groups in total. The third-order valence-electron chi connectivity index (χ3n) is 5.43. The fourth-order valence-corrected chi connectivity index (χ4v) is 4.38. The van der Waals surface area contributed by atoms with Crippen LogP contribution in [0.2, 0.25) is 0 Å². The normalized spacial score (nSPS) is 14.0. The number of nitrogens with one attached hydrogen (secondary N) is 2. The van der Waals surface area contributed by atoms with Crippen LogP contribution in [0, 0.1) is 6.92 Å². The monoisotopic (exact) mass is 563 g/mol. The molecule has 1 aliphatic rings. The molecule has 0 saturated carbocycles. The summed E-state index contributed by atoms with van der Waals surface area (Å²) in [5, 5.41) is 5.41. The Morgan fingerprint density at radius 1 is 1.05 bits per heavy atom. The molecule has 0 aliphatic carbocycles. The van der Waals surface area contributed by atoms with Crippen molar-refractivity contribution in [1.29, 1.82) is 0 Å². The van der Waals surface area contributed by atoms with Gasteiger partial charge in [0.2, 0.25) is 0 Å². The minimum atomic E-state index is -0.480. The van der Waals surface area contributed by atoms with Crippen LogP contribution in [0.15, 0.2) is 76.9 Å². The van der Waals surface area contributed by atoms with Crippen molar-refractivity contribution < 1.29 is 23.9 Å². The molecule has 0 spiro atoms. The van der Waals surface area contributed by atoms with E-state index in [4.69, 9.17) is 9.47 Å². The number of amides is 4. The van der Waals surface area contributed by atoms with Crippen LogP contribution in [0.25, 0.3) is 6.08 Å². The number of carbonyl (C=O) groups excluding carboxylic acids is 3. The van der Waals surface area contributed by atoms with Gasteiger partial charge in [-0.3, -0.25) is 14.5 Å². The van der Waals surface area contributed by atoms with Crippen LogP contribution in [0.3, 0.4) is 0 Å². The van der Waals surface area contributed by atoms with Crippen molar-refractivity contribution in [3.63, 3.8) is 0 Å². The van der Waals surface area contributed by atoms with Gasteiger partial charge in [0.15, 0.2) is 18.1 Å². The van der Waals surface area contributed by atoms with Gasteiger partial charge in [0.1, 0.15) is 5.70 Å². The lowest BCUT2D eigenvalue weighted by molar-refractivity contribution is -0.123. The number of carbonyl (C=O) groups is 3. The van der Waals surface area contributed by atoms with E-state index in [1.807, 2.05) is 56.3 Å². The molecule has 1 fully saturated rings. The number of ether oxygens (including phenoxy) is 2. The van der Waals surface area contributed by atoms with Crippen LogP contribution in [0.4, 0.5) is 10.5 Å². The highest BCUT2D eigenvalue weighted by molar-refractivity contribution is 9.10. The number of hydrogen-bond donors (Lipinski definition) is 2. The molecule has 1 heterocycles. The quantitative estimate of drug-likeness (QED) is 0.273.